The summed E-state index contributed by atoms with van der Waals surface area (Å²) < 4.78 is 10.2. The van der Waals surface area contributed by atoms with Crippen molar-refractivity contribution in [1.29, 1.82) is 0 Å². The molecule has 1 aromatic rings. The number of nitrogens with one attached hydrogen (secondary N) is 1. The number of nitrogens with zero attached hydrogens (tertiary/aromatic N) is 1. The molecule has 1 aliphatic heterocycles. The van der Waals surface area contributed by atoms with E-state index >= 15 is 0 Å². The van der Waals surface area contributed by atoms with Crippen LogP contribution in [0.1, 0.15) is 13.8 Å². The smallest absolute Gasteiger partial charge is 0.411 e. The van der Waals surface area contributed by atoms with Crippen molar-refractivity contribution in [2.45, 2.75) is 13.8 Å². The molecule has 1 aromatic carbocycles. The van der Waals surface area contributed by atoms with Crippen LogP contribution in [0, 0.1) is 5.41 Å². The van der Waals surface area contributed by atoms with E-state index < -0.39 is 11.5 Å². The molecule has 0 saturated heterocycles. The van der Waals surface area contributed by atoms with Gasteiger partial charge in [0.2, 0.25) is 5.91 Å². The maximum absolute atomic E-state index is 12.3. The highest BCUT2D eigenvalue weighted by Crippen LogP contribution is 2.37. The van der Waals surface area contributed by atoms with Gasteiger partial charge in [-0.25, -0.2) is 4.79 Å². The van der Waals surface area contributed by atoms with E-state index in [1.54, 1.807) is 30.1 Å². The van der Waals surface area contributed by atoms with Crippen LogP contribution >= 0.6 is 0 Å². The Kier molecular flexibility index (Phi) is 3.57. The molecule has 0 radical (unpaired) electrons. The lowest BCUT2D eigenvalue weighted by atomic mass is 9.93. The van der Waals surface area contributed by atoms with Gasteiger partial charge in [0.15, 0.2) is 0 Å². The molecule has 0 bridgehead atoms. The predicted octanol–water partition coefficient (Wildman–Crippen LogP) is 2.25. The van der Waals surface area contributed by atoms with Gasteiger partial charge in [-0.2, -0.15) is 0 Å². The minimum Gasteiger partial charge on any atom is -0.490 e. The molecule has 0 spiro atoms. The number of amides is 2. The van der Waals surface area contributed by atoms with Crippen LogP contribution in [0.2, 0.25) is 0 Å². The molecule has 6 nitrogen and oxygen atoms in total. The van der Waals surface area contributed by atoms with Gasteiger partial charge in [-0.05, 0) is 26.0 Å². The molecule has 108 valence electrons. The van der Waals surface area contributed by atoms with E-state index in [1.807, 2.05) is 13.8 Å². The quantitative estimate of drug-likeness (QED) is 0.855. The number of hydrogen-bond acceptors (Lipinski definition) is 4. The van der Waals surface area contributed by atoms with Crippen molar-refractivity contribution < 1.29 is 19.1 Å². The average molecular weight is 278 g/mol. The highest BCUT2D eigenvalue weighted by Gasteiger charge is 2.36. The van der Waals surface area contributed by atoms with E-state index in [4.69, 9.17) is 4.74 Å². The predicted molar refractivity (Wildman–Crippen MR) is 75.2 cm³/mol. The molecule has 1 aliphatic rings. The Bertz CT molecular complexity index is 554. The first-order chi connectivity index (χ1) is 9.35. The summed E-state index contributed by atoms with van der Waals surface area (Å²) in [5.74, 6) is 0.547. The molecule has 0 saturated carbocycles. The van der Waals surface area contributed by atoms with Gasteiger partial charge >= 0.3 is 6.09 Å². The van der Waals surface area contributed by atoms with Crippen molar-refractivity contribution in [3.8, 4) is 5.75 Å². The molecule has 2 amide bonds. The number of carbonyl (C=O) groups excluding carboxylic acids is 2. The van der Waals surface area contributed by atoms with E-state index in [1.165, 1.54) is 7.11 Å². The molecule has 0 aliphatic carbocycles. The maximum Gasteiger partial charge on any atom is 0.411 e. The fraction of sp³-hybridized carbons (Fsp3) is 0.429. The largest absolute Gasteiger partial charge is 0.490 e. The highest BCUT2D eigenvalue weighted by molar-refractivity contribution is 5.99. The molecule has 0 aromatic heterocycles. The van der Waals surface area contributed by atoms with Gasteiger partial charge < -0.3 is 14.4 Å². The third kappa shape index (κ3) is 2.54. The van der Waals surface area contributed by atoms with E-state index in [2.05, 4.69) is 10.1 Å². The van der Waals surface area contributed by atoms with E-state index in [0.29, 0.717) is 17.1 Å². The van der Waals surface area contributed by atoms with Gasteiger partial charge in [0.25, 0.3) is 0 Å². The van der Waals surface area contributed by atoms with E-state index in [9.17, 15) is 9.59 Å². The fourth-order valence-corrected chi connectivity index (χ4v) is 2.04. The Morgan fingerprint density at radius 2 is 2.15 bits per heavy atom. The molecule has 1 heterocycles. The van der Waals surface area contributed by atoms with Crippen LogP contribution in [-0.2, 0) is 9.53 Å². The summed E-state index contributed by atoms with van der Waals surface area (Å²) in [6, 6.07) is 5.11. The van der Waals surface area contributed by atoms with Crippen LogP contribution in [0.3, 0.4) is 0 Å². The first-order valence-corrected chi connectivity index (χ1v) is 6.25. The minimum atomic E-state index is -0.594. The van der Waals surface area contributed by atoms with Crippen LogP contribution in [0.5, 0.6) is 5.75 Å². The maximum atomic E-state index is 12.3. The number of hydrogen-bond donors (Lipinski definition) is 1. The number of carbonyl (C=O) groups is 2. The Hall–Kier alpha value is -2.24. The molecule has 0 unspecified atom stereocenters. The van der Waals surface area contributed by atoms with Gasteiger partial charge in [-0.15, -0.1) is 0 Å². The standard InChI is InChI=1S/C14H18N2O4/c1-14(2)8-20-11-7-9(15-13(18)19-4)5-6-10(11)16(3)12(14)17/h5-7H,8H2,1-4H3,(H,15,18). The lowest BCUT2D eigenvalue weighted by Crippen LogP contribution is -2.39. The number of ether oxygens (including phenoxy) is 2. The van der Waals surface area contributed by atoms with Gasteiger partial charge in [-0.1, -0.05) is 0 Å². The SMILES string of the molecule is COC(=O)Nc1ccc2c(c1)OCC(C)(C)C(=O)N2C. The van der Waals surface area contributed by atoms with Crippen LogP contribution in [-0.4, -0.2) is 32.8 Å². The zero-order chi connectivity index (χ0) is 14.9. The van der Waals surface area contributed by atoms with Crippen LogP contribution < -0.4 is 15.0 Å². The van der Waals surface area contributed by atoms with Gasteiger partial charge in [-0.3, -0.25) is 10.1 Å². The van der Waals surface area contributed by atoms with Crippen molar-refractivity contribution >= 4 is 23.4 Å². The Morgan fingerprint density at radius 1 is 1.45 bits per heavy atom. The second-order valence-electron chi connectivity index (χ2n) is 5.34. The minimum absolute atomic E-state index is 0.00933. The highest BCUT2D eigenvalue weighted by atomic mass is 16.5. The molecule has 20 heavy (non-hydrogen) atoms. The number of rotatable bonds is 1. The normalized spacial score (nSPS) is 16.8. The van der Waals surface area contributed by atoms with E-state index in [0.717, 1.165) is 0 Å². The average Bonchev–Trinajstić information content (AvgIpc) is 2.50. The monoisotopic (exact) mass is 278 g/mol. The molecule has 0 fully saturated rings. The summed E-state index contributed by atoms with van der Waals surface area (Å²) in [6.45, 7) is 3.96. The summed E-state index contributed by atoms with van der Waals surface area (Å²) in [7, 11) is 3.01. The third-order valence-corrected chi connectivity index (χ3v) is 3.23. The second-order valence-corrected chi connectivity index (χ2v) is 5.34. The fourth-order valence-electron chi connectivity index (χ4n) is 2.04. The van der Waals surface area contributed by atoms with Crippen molar-refractivity contribution in [3.05, 3.63) is 18.2 Å². The summed E-state index contributed by atoms with van der Waals surface area (Å²) in [5.41, 5.74) is 0.635. The zero-order valence-corrected chi connectivity index (χ0v) is 12.0. The van der Waals surface area contributed by atoms with Crippen LogP contribution in [0.15, 0.2) is 18.2 Å². The second kappa shape index (κ2) is 5.03. The Balaban J connectivity index is 2.34. The van der Waals surface area contributed by atoms with Gasteiger partial charge in [0.05, 0.1) is 18.2 Å². The topological polar surface area (TPSA) is 67.9 Å². The third-order valence-electron chi connectivity index (χ3n) is 3.23. The Labute approximate surface area is 117 Å². The van der Waals surface area contributed by atoms with Crippen LogP contribution in [0.4, 0.5) is 16.2 Å². The molecule has 0 atom stereocenters. The first-order valence-electron chi connectivity index (χ1n) is 6.25. The van der Waals surface area contributed by atoms with Gasteiger partial charge in [0.1, 0.15) is 12.4 Å². The lowest BCUT2D eigenvalue weighted by molar-refractivity contribution is -0.127. The number of benzene rings is 1. The van der Waals surface area contributed by atoms with Crippen molar-refractivity contribution in [2.75, 3.05) is 31.0 Å². The molecule has 2 rings (SSSR count). The summed E-state index contributed by atoms with van der Waals surface area (Å²) in [6.07, 6.45) is -0.552. The van der Waals surface area contributed by atoms with Gasteiger partial charge in [0, 0.05) is 18.8 Å². The summed E-state index contributed by atoms with van der Waals surface area (Å²) in [4.78, 5) is 25.1. The number of methoxy groups -OCH3 is 1. The molecular weight excluding hydrogens is 260 g/mol. The molecule has 6 heteroatoms. The Morgan fingerprint density at radius 3 is 2.80 bits per heavy atom. The summed E-state index contributed by atoms with van der Waals surface area (Å²) >= 11 is 0. The van der Waals surface area contributed by atoms with Crippen LogP contribution in [0.25, 0.3) is 0 Å². The van der Waals surface area contributed by atoms with Crippen molar-refractivity contribution in [3.63, 3.8) is 0 Å². The van der Waals surface area contributed by atoms with E-state index in [-0.39, 0.29) is 12.5 Å². The molecular formula is C14H18N2O4. The summed E-state index contributed by atoms with van der Waals surface area (Å²) in [5, 5.41) is 2.56. The number of fused-ring (bicyclic) bond motifs is 1. The first kappa shape index (κ1) is 14.2. The van der Waals surface area contributed by atoms with Crippen molar-refractivity contribution in [1.82, 2.24) is 0 Å². The number of anilines is 2. The lowest BCUT2D eigenvalue weighted by Gasteiger charge is -2.24. The van der Waals surface area contributed by atoms with Crippen molar-refractivity contribution in [2.24, 2.45) is 5.41 Å². The zero-order valence-electron chi connectivity index (χ0n) is 12.0. The molecule has 1 N–H and O–H groups in total.